The highest BCUT2D eigenvalue weighted by molar-refractivity contribution is 5.87. The van der Waals surface area contributed by atoms with E-state index in [9.17, 15) is 0 Å². The lowest BCUT2D eigenvalue weighted by Crippen LogP contribution is -2.28. The van der Waals surface area contributed by atoms with Crippen molar-refractivity contribution in [1.82, 2.24) is 0 Å². The Hall–Kier alpha value is -10.9. The topological polar surface area (TPSA) is 0 Å². The van der Waals surface area contributed by atoms with Gasteiger partial charge in [0, 0.05) is 0 Å². The van der Waals surface area contributed by atoms with E-state index in [1.165, 1.54) is 145 Å². The molecule has 0 nitrogen and oxygen atoms in total. The van der Waals surface area contributed by atoms with Gasteiger partial charge in [-0.1, -0.05) is 352 Å². The van der Waals surface area contributed by atoms with Gasteiger partial charge >= 0.3 is 0 Å². The molecule has 0 radical (unpaired) electrons. The van der Waals surface area contributed by atoms with Crippen molar-refractivity contribution >= 4 is 0 Å². The summed E-state index contributed by atoms with van der Waals surface area (Å²) < 4.78 is 0. The lowest BCUT2D eigenvalue weighted by Gasteiger charge is -2.34. The van der Waals surface area contributed by atoms with E-state index in [2.05, 4.69) is 352 Å². The van der Waals surface area contributed by atoms with Crippen LogP contribution in [0.3, 0.4) is 0 Å². The maximum Gasteiger partial charge on any atom is 0.0713 e. The lowest BCUT2D eigenvalue weighted by atomic mass is 9.67. The largest absolute Gasteiger partial charge is 0.0713 e. The number of rotatable bonds is 12. The van der Waals surface area contributed by atoms with Gasteiger partial charge in [0.1, 0.15) is 0 Å². The van der Waals surface area contributed by atoms with Gasteiger partial charge in [0.15, 0.2) is 0 Å². The third kappa shape index (κ3) is 9.70. The molecule has 0 fully saturated rings. The second-order valence-electron chi connectivity index (χ2n) is 22.3. The van der Waals surface area contributed by atoms with Gasteiger partial charge in [-0.05, 0) is 145 Å². The predicted molar refractivity (Wildman–Crippen MR) is 358 cm³/mol. The summed E-state index contributed by atoms with van der Waals surface area (Å²) in [6.45, 7) is 0. The van der Waals surface area contributed by atoms with Gasteiger partial charge in [-0.3, -0.25) is 0 Å². The van der Waals surface area contributed by atoms with Crippen LogP contribution < -0.4 is 0 Å². The van der Waals surface area contributed by atoms with Crippen LogP contribution in [0.5, 0.6) is 0 Å². The molecule has 1 aliphatic carbocycles. The molecule has 85 heavy (non-hydrogen) atoms. The van der Waals surface area contributed by atoms with Gasteiger partial charge in [0.25, 0.3) is 0 Å². The number of fused-ring (bicyclic) bond motifs is 3. The molecule has 0 atom stereocenters. The lowest BCUT2D eigenvalue weighted by molar-refractivity contribution is 0.769. The van der Waals surface area contributed by atoms with E-state index in [1.54, 1.807) is 0 Å². The first-order valence-corrected chi connectivity index (χ1v) is 29.4. The Kier molecular flexibility index (Phi) is 13.3. The van der Waals surface area contributed by atoms with Gasteiger partial charge in [0.2, 0.25) is 0 Å². The molecule has 1 aliphatic rings. The van der Waals surface area contributed by atoms with Crippen molar-refractivity contribution in [3.63, 3.8) is 0 Å². The highest BCUT2D eigenvalue weighted by atomic mass is 14.5. The van der Waals surface area contributed by atoms with Crippen molar-refractivity contribution in [3.05, 3.63) is 374 Å². The molecule has 0 aromatic heterocycles. The number of hydrogen-bond donors (Lipinski definition) is 0. The number of benzene rings is 14. The van der Waals surface area contributed by atoms with Crippen LogP contribution in [0.2, 0.25) is 0 Å². The van der Waals surface area contributed by atoms with E-state index in [1.807, 2.05) is 0 Å². The minimum absolute atomic E-state index is 0.495. The third-order valence-corrected chi connectivity index (χ3v) is 17.5. The average molecular weight is 1080 g/mol. The Labute approximate surface area is 499 Å². The van der Waals surface area contributed by atoms with Crippen LogP contribution in [-0.4, -0.2) is 0 Å². The van der Waals surface area contributed by atoms with E-state index in [0.29, 0.717) is 0 Å². The van der Waals surface area contributed by atoms with E-state index in [0.717, 1.165) is 0 Å². The zero-order valence-electron chi connectivity index (χ0n) is 47.0. The summed E-state index contributed by atoms with van der Waals surface area (Å²) in [4.78, 5) is 0. The Bertz CT molecular complexity index is 4290. The summed E-state index contributed by atoms with van der Waals surface area (Å²) in [5, 5.41) is 0. The smallest absolute Gasteiger partial charge is 0.0622 e. The summed E-state index contributed by atoms with van der Waals surface area (Å²) in [6.07, 6.45) is 0. The van der Waals surface area contributed by atoms with Crippen LogP contribution in [0.15, 0.2) is 352 Å². The van der Waals surface area contributed by atoms with Gasteiger partial charge in [0.05, 0.1) is 5.41 Å². The normalized spacial score (nSPS) is 12.1. The molecular formula is C85H58. The SMILES string of the molecule is c1ccc(-c2ccc(-c3ccc(-c4ccc(-c5ccc(-c6ccc(C7(c8ccc(-c9ccc(-c%10ccc(-c%11ccc(-c%12ccc(-c%13ccccc%13)cc%12)cc%11)cc%10)cc9)cc8)c8ccccc8-c8ccccc87)cc6)cc5)cc4)cc3)cc2)cc1. The fraction of sp³-hybridized carbons (Fsp3) is 0.0118. The van der Waals surface area contributed by atoms with Gasteiger partial charge < -0.3 is 0 Å². The molecule has 15 rings (SSSR count). The fourth-order valence-electron chi connectivity index (χ4n) is 13.0. The maximum absolute atomic E-state index is 2.36. The first kappa shape index (κ1) is 51.0. The van der Waals surface area contributed by atoms with Crippen molar-refractivity contribution in [2.24, 2.45) is 0 Å². The molecule has 14 aromatic carbocycles. The minimum Gasteiger partial charge on any atom is -0.0622 e. The molecular weight excluding hydrogens is 1020 g/mol. The molecule has 0 saturated carbocycles. The van der Waals surface area contributed by atoms with Gasteiger partial charge in [-0.25, -0.2) is 0 Å². The quantitative estimate of drug-likeness (QED) is 0.114. The van der Waals surface area contributed by atoms with Crippen LogP contribution in [0.25, 0.3) is 122 Å². The molecule has 0 bridgehead atoms. The molecule has 14 aromatic rings. The summed E-state index contributed by atoms with van der Waals surface area (Å²) in [5.74, 6) is 0. The molecule has 0 amide bonds. The van der Waals surface area contributed by atoms with Crippen molar-refractivity contribution in [3.8, 4) is 122 Å². The van der Waals surface area contributed by atoms with E-state index in [-0.39, 0.29) is 0 Å². The van der Waals surface area contributed by atoms with Crippen molar-refractivity contribution in [2.45, 2.75) is 5.41 Å². The van der Waals surface area contributed by atoms with E-state index >= 15 is 0 Å². The van der Waals surface area contributed by atoms with Crippen LogP contribution in [0.1, 0.15) is 22.3 Å². The van der Waals surface area contributed by atoms with Crippen LogP contribution >= 0.6 is 0 Å². The molecule has 0 aliphatic heterocycles. The highest BCUT2D eigenvalue weighted by Crippen LogP contribution is 2.56. The predicted octanol–water partition coefficient (Wildman–Crippen LogP) is 22.7. The molecule has 0 N–H and O–H groups in total. The third-order valence-electron chi connectivity index (χ3n) is 17.5. The number of hydrogen-bond acceptors (Lipinski definition) is 0. The van der Waals surface area contributed by atoms with E-state index < -0.39 is 5.41 Å². The highest BCUT2D eigenvalue weighted by Gasteiger charge is 2.45. The van der Waals surface area contributed by atoms with Crippen molar-refractivity contribution in [1.29, 1.82) is 0 Å². The summed E-state index contributed by atoms with van der Waals surface area (Å²) in [7, 11) is 0. The van der Waals surface area contributed by atoms with Crippen molar-refractivity contribution < 1.29 is 0 Å². The second-order valence-corrected chi connectivity index (χ2v) is 22.3. The van der Waals surface area contributed by atoms with Gasteiger partial charge in [-0.2, -0.15) is 0 Å². The first-order chi connectivity index (χ1) is 42.1. The molecule has 0 spiro atoms. The van der Waals surface area contributed by atoms with Crippen LogP contribution in [0, 0.1) is 0 Å². The molecule has 0 heterocycles. The van der Waals surface area contributed by atoms with Crippen LogP contribution in [0.4, 0.5) is 0 Å². The maximum atomic E-state index is 2.36. The van der Waals surface area contributed by atoms with Crippen molar-refractivity contribution in [2.75, 3.05) is 0 Å². The Balaban J connectivity index is 0.642. The first-order valence-electron chi connectivity index (χ1n) is 29.4. The Morgan fingerprint density at radius 3 is 0.447 bits per heavy atom. The second kappa shape index (κ2) is 22.1. The van der Waals surface area contributed by atoms with Gasteiger partial charge in [-0.15, -0.1) is 0 Å². The van der Waals surface area contributed by atoms with E-state index in [4.69, 9.17) is 0 Å². The standard InChI is InChI=1S/C85H58/c1-3-11-59(12-4-1)61-19-23-63(24-20-61)65-27-31-67(32-28-65)69-35-39-71(40-36-69)73-43-47-75(48-44-73)77-51-55-79(56-52-77)85(83-17-9-7-15-81(83)82-16-8-10-18-84(82)85)80-57-53-78(54-58-80)76-49-45-74(46-50-76)72-41-37-70(38-42-72)68-33-29-66(30-34-68)64-25-21-62(22-26-64)60-13-5-2-6-14-60/h1-58H. The molecule has 0 heteroatoms. The summed E-state index contributed by atoms with van der Waals surface area (Å²) >= 11 is 0. The Morgan fingerprint density at radius 1 is 0.118 bits per heavy atom. The molecule has 398 valence electrons. The molecule has 0 unspecified atom stereocenters. The minimum atomic E-state index is -0.495. The van der Waals surface area contributed by atoms with Crippen LogP contribution in [-0.2, 0) is 5.41 Å². The fourth-order valence-corrected chi connectivity index (χ4v) is 13.0. The summed E-state index contributed by atoms with van der Waals surface area (Å²) in [6, 6.07) is 129. The Morgan fingerprint density at radius 2 is 0.259 bits per heavy atom. The average Bonchev–Trinajstić information content (AvgIpc) is 1.66. The summed E-state index contributed by atoms with van der Waals surface area (Å²) in [5.41, 5.74) is 31.4. The zero-order valence-corrected chi connectivity index (χ0v) is 47.0. The molecule has 0 saturated heterocycles. The monoisotopic (exact) mass is 1080 g/mol. The zero-order chi connectivity index (χ0) is 56.5.